The summed E-state index contributed by atoms with van der Waals surface area (Å²) in [5.74, 6) is 0.232. The van der Waals surface area contributed by atoms with Crippen LogP contribution in [0.15, 0.2) is 12.1 Å². The zero-order valence-electron chi connectivity index (χ0n) is 21.9. The number of nitrogens with one attached hydrogen (secondary N) is 4. The lowest BCUT2D eigenvalue weighted by atomic mass is 9.89. The Bertz CT molecular complexity index is 810. The Hall–Kier alpha value is -1.62. The molecule has 0 saturated heterocycles. The smallest absolute Gasteiger partial charge is 0.313 e. The molecule has 0 radical (unpaired) electrons. The average Bonchev–Trinajstić information content (AvgIpc) is 2.90. The number of aromatic nitrogens is 1. The van der Waals surface area contributed by atoms with Gasteiger partial charge in [0, 0.05) is 57.5 Å². The van der Waals surface area contributed by atoms with E-state index in [1.165, 1.54) is 44.9 Å². The van der Waals surface area contributed by atoms with E-state index < -0.39 is 0 Å². The lowest BCUT2D eigenvalue weighted by Gasteiger charge is -2.34. The average molecular weight is 504 g/mol. The van der Waals surface area contributed by atoms with E-state index in [1.807, 2.05) is 12.1 Å². The van der Waals surface area contributed by atoms with Crippen molar-refractivity contribution in [1.29, 1.82) is 0 Å². The van der Waals surface area contributed by atoms with Gasteiger partial charge in [0.1, 0.15) is 0 Å². The van der Waals surface area contributed by atoms with Crippen LogP contribution in [-0.4, -0.2) is 75.1 Å². The molecule has 4 N–H and O–H groups in total. The highest BCUT2D eigenvalue weighted by Crippen LogP contribution is 2.23. The maximum Gasteiger partial charge on any atom is 0.313 e. The summed E-state index contributed by atoms with van der Waals surface area (Å²) in [6.07, 6.45) is 9.99. The minimum Gasteiger partial charge on any atom is -0.424 e. The van der Waals surface area contributed by atoms with Crippen LogP contribution in [0.1, 0.15) is 69.2 Å². The number of methoxy groups -OCH3 is 1. The molecule has 202 valence electrons. The Balaban J connectivity index is 1.45. The predicted octanol–water partition coefficient (Wildman–Crippen LogP) is 2.03. The van der Waals surface area contributed by atoms with Gasteiger partial charge in [0.15, 0.2) is 5.75 Å². The second-order valence-corrected chi connectivity index (χ2v) is 10.2. The lowest BCUT2D eigenvalue weighted by molar-refractivity contribution is -0.135. The Morgan fingerprint density at radius 2 is 1.44 bits per heavy atom. The largest absolute Gasteiger partial charge is 0.424 e. The van der Waals surface area contributed by atoms with E-state index in [0.29, 0.717) is 62.8 Å². The molecule has 1 aromatic heterocycles. The third kappa shape index (κ3) is 8.46. The fraction of sp³-hybridized carbons (Fsp3) is 0.778. The molecule has 2 fully saturated rings. The number of fused-ring (bicyclic) bond motifs is 4. The van der Waals surface area contributed by atoms with Crippen molar-refractivity contribution in [2.45, 2.75) is 95.0 Å². The maximum absolute atomic E-state index is 12.5. The van der Waals surface area contributed by atoms with Crippen LogP contribution in [0.4, 0.5) is 0 Å². The van der Waals surface area contributed by atoms with Crippen LogP contribution >= 0.6 is 0 Å². The summed E-state index contributed by atoms with van der Waals surface area (Å²) in [6.45, 7) is 4.56. The monoisotopic (exact) mass is 503 g/mol. The van der Waals surface area contributed by atoms with Crippen molar-refractivity contribution in [2.24, 2.45) is 0 Å². The van der Waals surface area contributed by atoms with Crippen molar-refractivity contribution in [3.05, 3.63) is 23.5 Å². The van der Waals surface area contributed by atoms with Crippen LogP contribution in [0.2, 0.25) is 0 Å². The second kappa shape index (κ2) is 15.0. The number of nitrogens with zero attached hydrogens (tertiary/aromatic N) is 1. The molecule has 4 atom stereocenters. The number of esters is 1. The molecule has 3 aliphatic rings. The summed E-state index contributed by atoms with van der Waals surface area (Å²) < 4.78 is 16.1. The van der Waals surface area contributed by atoms with Crippen LogP contribution in [-0.2, 0) is 27.4 Å². The van der Waals surface area contributed by atoms with E-state index >= 15 is 0 Å². The van der Waals surface area contributed by atoms with E-state index in [0.717, 1.165) is 30.9 Å². The van der Waals surface area contributed by atoms with E-state index in [9.17, 15) is 4.79 Å². The van der Waals surface area contributed by atoms with Crippen molar-refractivity contribution in [3.8, 4) is 5.75 Å². The number of carbonyl (C=O) groups is 1. The van der Waals surface area contributed by atoms with E-state index in [2.05, 4.69) is 21.3 Å². The Labute approximate surface area is 215 Å². The van der Waals surface area contributed by atoms with Crippen LogP contribution in [0.3, 0.4) is 0 Å². The van der Waals surface area contributed by atoms with Crippen molar-refractivity contribution in [1.82, 2.24) is 26.3 Å². The van der Waals surface area contributed by atoms with Crippen molar-refractivity contribution in [3.63, 3.8) is 0 Å². The summed E-state index contributed by atoms with van der Waals surface area (Å²) in [5, 5.41) is 15.1. The minimum atomic E-state index is -0.305. The first-order valence-electron chi connectivity index (χ1n) is 13.9. The van der Waals surface area contributed by atoms with Gasteiger partial charge in [0.25, 0.3) is 0 Å². The number of rotatable bonds is 7. The highest BCUT2D eigenvalue weighted by Gasteiger charge is 2.27. The van der Waals surface area contributed by atoms with Gasteiger partial charge < -0.3 is 35.5 Å². The zero-order valence-corrected chi connectivity index (χ0v) is 21.9. The molecule has 36 heavy (non-hydrogen) atoms. The third-order valence-corrected chi connectivity index (χ3v) is 7.64. The zero-order chi connectivity index (χ0) is 25.0. The molecule has 9 nitrogen and oxygen atoms in total. The Morgan fingerprint density at radius 3 is 2.08 bits per heavy atom. The van der Waals surface area contributed by atoms with E-state index in [-0.39, 0.29) is 12.4 Å². The maximum atomic E-state index is 12.5. The highest BCUT2D eigenvalue weighted by molar-refractivity contribution is 5.72. The topological polar surface area (TPSA) is 106 Å². The number of carbonyl (C=O) groups excluding carboxylic acids is 1. The summed E-state index contributed by atoms with van der Waals surface area (Å²) >= 11 is 0. The molecular weight excluding hydrogens is 458 g/mol. The summed E-state index contributed by atoms with van der Waals surface area (Å²) in [6, 6.07) is 5.65. The molecule has 0 aromatic carbocycles. The fourth-order valence-electron chi connectivity index (χ4n) is 5.64. The van der Waals surface area contributed by atoms with Crippen molar-refractivity contribution < 1.29 is 19.0 Å². The molecule has 0 unspecified atom stereocenters. The Morgan fingerprint density at radius 1 is 0.833 bits per heavy atom. The second-order valence-electron chi connectivity index (χ2n) is 10.2. The van der Waals surface area contributed by atoms with Gasteiger partial charge in [0.2, 0.25) is 0 Å². The van der Waals surface area contributed by atoms with Gasteiger partial charge >= 0.3 is 5.97 Å². The van der Waals surface area contributed by atoms with Crippen LogP contribution in [0.5, 0.6) is 5.75 Å². The van der Waals surface area contributed by atoms with Gasteiger partial charge in [-0.1, -0.05) is 25.7 Å². The molecule has 2 bridgehead atoms. The molecule has 0 amide bonds. The standard InChI is InChI=1S/C27H45N5O4/c1-34-16-17-35-15-12-27(33)36-26-11-10-20-18-30-23-8-4-2-6-21(23)28-13-14-29-22-7-3-5-9-24(22)31-19-25(26)32-20/h10-11,21-24,28-31H,2-9,12-19H2,1H3/t21-,22-,23-,24-/m1/s1. The first kappa shape index (κ1) is 27.4. The molecule has 9 heteroatoms. The normalized spacial score (nSPS) is 27.7. The van der Waals surface area contributed by atoms with Gasteiger partial charge in [0.05, 0.1) is 37.6 Å². The number of hydrogen-bond acceptors (Lipinski definition) is 9. The summed E-state index contributed by atoms with van der Waals surface area (Å²) in [7, 11) is 1.63. The first-order chi connectivity index (χ1) is 17.7. The molecule has 2 saturated carbocycles. The number of ether oxygens (including phenoxy) is 3. The van der Waals surface area contributed by atoms with Gasteiger partial charge in [-0.3, -0.25) is 9.78 Å². The van der Waals surface area contributed by atoms with Gasteiger partial charge in [-0.05, 0) is 37.8 Å². The van der Waals surface area contributed by atoms with E-state index in [4.69, 9.17) is 19.2 Å². The number of pyridine rings is 1. The van der Waals surface area contributed by atoms with E-state index in [1.54, 1.807) is 7.11 Å². The lowest BCUT2D eigenvalue weighted by Crippen LogP contribution is -2.53. The quantitative estimate of drug-likeness (QED) is 0.329. The minimum absolute atomic E-state index is 0.199. The molecule has 4 rings (SSSR count). The van der Waals surface area contributed by atoms with Gasteiger partial charge in [-0.25, -0.2) is 0 Å². The van der Waals surface area contributed by atoms with Gasteiger partial charge in [-0.15, -0.1) is 0 Å². The van der Waals surface area contributed by atoms with Gasteiger partial charge in [-0.2, -0.15) is 0 Å². The van der Waals surface area contributed by atoms with Crippen molar-refractivity contribution >= 4 is 5.97 Å². The first-order valence-corrected chi connectivity index (χ1v) is 13.9. The predicted molar refractivity (Wildman–Crippen MR) is 139 cm³/mol. The number of hydrogen-bond donors (Lipinski definition) is 4. The highest BCUT2D eigenvalue weighted by atomic mass is 16.5. The fourth-order valence-corrected chi connectivity index (χ4v) is 5.64. The van der Waals surface area contributed by atoms with Crippen molar-refractivity contribution in [2.75, 3.05) is 40.0 Å². The van der Waals surface area contributed by atoms with Crippen LogP contribution in [0, 0.1) is 0 Å². The third-order valence-electron chi connectivity index (χ3n) is 7.64. The molecule has 1 aliphatic heterocycles. The SMILES string of the molecule is COCCOCCC(=O)Oc1ccc2nc1CN[C@@H]1CCCC[C@H]1NCCN[C@@H]1CCCC[C@H]1NC2. The summed E-state index contributed by atoms with van der Waals surface area (Å²) in [4.78, 5) is 17.4. The Kier molecular flexibility index (Phi) is 11.4. The molecule has 0 spiro atoms. The summed E-state index contributed by atoms with van der Waals surface area (Å²) in [5.41, 5.74) is 1.77. The van der Waals surface area contributed by atoms with Crippen LogP contribution in [0.25, 0.3) is 0 Å². The van der Waals surface area contributed by atoms with Crippen LogP contribution < -0.4 is 26.0 Å². The molecule has 2 aliphatic carbocycles. The molecule has 1 aromatic rings. The molecular formula is C27H45N5O4. The molecule has 2 heterocycles.